The summed E-state index contributed by atoms with van der Waals surface area (Å²) in [6.07, 6.45) is 5.76. The molecule has 0 saturated carbocycles. The van der Waals surface area contributed by atoms with Crippen molar-refractivity contribution in [1.82, 2.24) is 9.80 Å². The molecular formula is C21H24N2O3. The first-order valence-corrected chi connectivity index (χ1v) is 9.19. The molecule has 5 heteroatoms. The number of rotatable bonds is 2. The molecular weight excluding hydrogens is 328 g/mol. The van der Waals surface area contributed by atoms with Gasteiger partial charge in [0.25, 0.3) is 5.91 Å². The van der Waals surface area contributed by atoms with E-state index in [-0.39, 0.29) is 23.1 Å². The molecule has 136 valence electrons. The summed E-state index contributed by atoms with van der Waals surface area (Å²) in [5.74, 6) is 0.165. The second kappa shape index (κ2) is 6.63. The Kier molecular flexibility index (Phi) is 4.31. The van der Waals surface area contributed by atoms with Crippen LogP contribution >= 0.6 is 0 Å². The average molecular weight is 352 g/mol. The summed E-state index contributed by atoms with van der Waals surface area (Å²) in [5, 5.41) is 0. The highest BCUT2D eigenvalue weighted by atomic mass is 16.3. The summed E-state index contributed by atoms with van der Waals surface area (Å²) in [7, 11) is 1.90. The minimum absolute atomic E-state index is 0.0356. The largest absolute Gasteiger partial charge is 0.472 e. The van der Waals surface area contributed by atoms with Gasteiger partial charge in [0, 0.05) is 26.7 Å². The molecule has 0 radical (unpaired) electrons. The smallest absolute Gasteiger partial charge is 0.257 e. The Morgan fingerprint density at radius 3 is 2.54 bits per heavy atom. The molecule has 0 bridgehead atoms. The van der Waals surface area contributed by atoms with Crippen LogP contribution in [0.1, 0.15) is 41.1 Å². The Balaban J connectivity index is 1.49. The van der Waals surface area contributed by atoms with Gasteiger partial charge >= 0.3 is 0 Å². The first-order chi connectivity index (χ1) is 12.6. The lowest BCUT2D eigenvalue weighted by molar-refractivity contribution is -0.139. The Hall–Kier alpha value is -2.56. The van der Waals surface area contributed by atoms with Crippen LogP contribution in [-0.2, 0) is 4.79 Å². The van der Waals surface area contributed by atoms with Gasteiger partial charge < -0.3 is 14.2 Å². The molecule has 1 aromatic carbocycles. The van der Waals surface area contributed by atoms with E-state index in [2.05, 4.69) is 0 Å². The quantitative estimate of drug-likeness (QED) is 0.834. The predicted molar refractivity (Wildman–Crippen MR) is 97.7 cm³/mol. The minimum Gasteiger partial charge on any atom is -0.472 e. The fraction of sp³-hybridized carbons (Fsp3) is 0.429. The van der Waals surface area contributed by atoms with Gasteiger partial charge in [0.05, 0.1) is 17.7 Å². The van der Waals surface area contributed by atoms with E-state index in [1.54, 1.807) is 6.07 Å². The van der Waals surface area contributed by atoms with E-state index in [0.717, 1.165) is 44.5 Å². The van der Waals surface area contributed by atoms with Crippen molar-refractivity contribution in [2.45, 2.75) is 25.2 Å². The molecule has 2 fully saturated rings. The number of benzene rings is 1. The summed E-state index contributed by atoms with van der Waals surface area (Å²) >= 11 is 0. The van der Waals surface area contributed by atoms with E-state index >= 15 is 0 Å². The minimum atomic E-state index is -0.0777. The van der Waals surface area contributed by atoms with E-state index in [1.807, 2.05) is 47.2 Å². The first kappa shape index (κ1) is 16.9. The molecule has 2 amide bonds. The molecule has 2 aliphatic rings. The summed E-state index contributed by atoms with van der Waals surface area (Å²) in [4.78, 5) is 29.1. The van der Waals surface area contributed by atoms with Gasteiger partial charge in [-0.3, -0.25) is 9.59 Å². The van der Waals surface area contributed by atoms with Crippen molar-refractivity contribution in [3.05, 3.63) is 60.1 Å². The number of likely N-dealkylation sites (N-methyl/N-ethyl adjacent to an activating group) is 1. The third-order valence-electron chi connectivity index (χ3n) is 5.97. The van der Waals surface area contributed by atoms with Crippen LogP contribution in [0.5, 0.6) is 0 Å². The molecule has 0 aliphatic carbocycles. The fourth-order valence-electron chi connectivity index (χ4n) is 4.49. The number of carbonyl (C=O) groups excluding carboxylic acids is 2. The second-order valence-electron chi connectivity index (χ2n) is 7.67. The van der Waals surface area contributed by atoms with E-state index < -0.39 is 0 Å². The lowest BCUT2D eigenvalue weighted by atomic mass is 9.67. The Bertz CT molecular complexity index is 777. The van der Waals surface area contributed by atoms with Gasteiger partial charge in [0.2, 0.25) is 5.91 Å². The van der Waals surface area contributed by atoms with E-state index in [0.29, 0.717) is 5.56 Å². The molecule has 1 aromatic heterocycles. The molecule has 0 N–H and O–H groups in total. The zero-order chi connectivity index (χ0) is 18.1. The monoisotopic (exact) mass is 352 g/mol. The molecule has 2 saturated heterocycles. The second-order valence-corrected chi connectivity index (χ2v) is 7.67. The van der Waals surface area contributed by atoms with E-state index in [9.17, 15) is 9.59 Å². The molecule has 4 rings (SSSR count). The van der Waals surface area contributed by atoms with Gasteiger partial charge in [-0.25, -0.2) is 0 Å². The zero-order valence-corrected chi connectivity index (χ0v) is 15.1. The SMILES string of the molecule is CN1CC2(CCN(C(=O)c3ccoc3)CC2)CC(c2ccccc2)C1=O. The van der Waals surface area contributed by atoms with E-state index in [4.69, 9.17) is 4.42 Å². The van der Waals surface area contributed by atoms with Crippen LogP contribution in [0.3, 0.4) is 0 Å². The molecule has 5 nitrogen and oxygen atoms in total. The van der Waals surface area contributed by atoms with Crippen molar-refractivity contribution in [3.8, 4) is 0 Å². The van der Waals surface area contributed by atoms with Crippen molar-refractivity contribution in [1.29, 1.82) is 0 Å². The third-order valence-corrected chi connectivity index (χ3v) is 5.97. The Morgan fingerprint density at radius 1 is 1.15 bits per heavy atom. The van der Waals surface area contributed by atoms with Gasteiger partial charge in [0.1, 0.15) is 6.26 Å². The maximum atomic E-state index is 12.7. The Labute approximate surface area is 153 Å². The van der Waals surface area contributed by atoms with Crippen molar-refractivity contribution in [2.75, 3.05) is 26.7 Å². The van der Waals surface area contributed by atoms with Crippen LogP contribution in [0.25, 0.3) is 0 Å². The van der Waals surface area contributed by atoms with Crippen molar-refractivity contribution < 1.29 is 14.0 Å². The normalized spacial score (nSPS) is 22.7. The molecule has 1 atom stereocenters. The van der Waals surface area contributed by atoms with Gasteiger partial charge in [-0.1, -0.05) is 30.3 Å². The topological polar surface area (TPSA) is 53.8 Å². The third kappa shape index (κ3) is 3.02. The molecule has 26 heavy (non-hydrogen) atoms. The number of nitrogens with zero attached hydrogens (tertiary/aromatic N) is 2. The highest BCUT2D eigenvalue weighted by Gasteiger charge is 2.45. The van der Waals surface area contributed by atoms with Crippen LogP contribution in [0.2, 0.25) is 0 Å². The maximum Gasteiger partial charge on any atom is 0.257 e. The van der Waals surface area contributed by atoms with E-state index in [1.165, 1.54) is 12.5 Å². The lowest BCUT2D eigenvalue weighted by Crippen LogP contribution is -2.53. The number of amides is 2. The average Bonchev–Trinajstić information content (AvgIpc) is 3.20. The lowest BCUT2D eigenvalue weighted by Gasteiger charge is -2.49. The number of likely N-dealkylation sites (tertiary alicyclic amines) is 2. The number of hydrogen-bond acceptors (Lipinski definition) is 3. The highest BCUT2D eigenvalue weighted by Crippen LogP contribution is 2.45. The van der Waals surface area contributed by atoms with Crippen LogP contribution in [0, 0.1) is 5.41 Å². The molecule has 1 unspecified atom stereocenters. The van der Waals surface area contributed by atoms with Gasteiger partial charge in [-0.2, -0.15) is 0 Å². The molecule has 1 spiro atoms. The molecule has 2 aromatic rings. The number of furan rings is 1. The van der Waals surface area contributed by atoms with Crippen molar-refractivity contribution in [3.63, 3.8) is 0 Å². The fourth-order valence-corrected chi connectivity index (χ4v) is 4.49. The first-order valence-electron chi connectivity index (χ1n) is 9.19. The van der Waals surface area contributed by atoms with Crippen LogP contribution < -0.4 is 0 Å². The van der Waals surface area contributed by atoms with Crippen molar-refractivity contribution >= 4 is 11.8 Å². The Morgan fingerprint density at radius 2 is 1.88 bits per heavy atom. The van der Waals surface area contributed by atoms with Gasteiger partial charge in [-0.15, -0.1) is 0 Å². The molecule has 3 heterocycles. The standard InChI is InChI=1S/C21H24N2O3/c1-22-15-21(13-18(20(22)25)16-5-3-2-4-6-16)8-10-23(11-9-21)19(24)17-7-12-26-14-17/h2-7,12,14,18H,8-11,13,15H2,1H3. The maximum absolute atomic E-state index is 12.7. The van der Waals surface area contributed by atoms with Gasteiger partial charge in [-0.05, 0) is 36.3 Å². The van der Waals surface area contributed by atoms with Crippen LogP contribution in [-0.4, -0.2) is 48.3 Å². The summed E-state index contributed by atoms with van der Waals surface area (Å²) < 4.78 is 5.03. The number of piperidine rings is 2. The van der Waals surface area contributed by atoms with Crippen LogP contribution in [0.15, 0.2) is 53.3 Å². The predicted octanol–water partition coefficient (Wildman–Crippen LogP) is 3.15. The summed E-state index contributed by atoms with van der Waals surface area (Å²) in [6, 6.07) is 11.8. The van der Waals surface area contributed by atoms with Gasteiger partial charge in [0.15, 0.2) is 0 Å². The zero-order valence-electron chi connectivity index (χ0n) is 15.1. The number of carbonyl (C=O) groups is 2. The van der Waals surface area contributed by atoms with Crippen molar-refractivity contribution in [2.24, 2.45) is 5.41 Å². The summed E-state index contributed by atoms with van der Waals surface area (Å²) in [5.41, 5.74) is 1.80. The van der Waals surface area contributed by atoms with Crippen LogP contribution in [0.4, 0.5) is 0 Å². The molecule has 2 aliphatic heterocycles. The summed E-state index contributed by atoms with van der Waals surface area (Å²) in [6.45, 7) is 2.24. The number of hydrogen-bond donors (Lipinski definition) is 0. The highest BCUT2D eigenvalue weighted by molar-refractivity contribution is 5.93.